The molecule has 0 radical (unpaired) electrons. The molecule has 1 heterocycles. The van der Waals surface area contributed by atoms with Crippen molar-refractivity contribution in [3.05, 3.63) is 44.9 Å². The van der Waals surface area contributed by atoms with Crippen LogP contribution < -0.4 is 15.5 Å². The van der Waals surface area contributed by atoms with Gasteiger partial charge >= 0.3 is 0 Å². The van der Waals surface area contributed by atoms with Gasteiger partial charge in [0.15, 0.2) is 5.96 Å². The molecule has 2 N–H and O–H groups in total. The van der Waals surface area contributed by atoms with Gasteiger partial charge in [-0.05, 0) is 44.0 Å². The van der Waals surface area contributed by atoms with Crippen LogP contribution in [0.2, 0.25) is 0 Å². The molecule has 25 heavy (non-hydrogen) atoms. The van der Waals surface area contributed by atoms with E-state index in [2.05, 4.69) is 64.7 Å². The third-order valence-corrected chi connectivity index (χ3v) is 5.00. The van der Waals surface area contributed by atoms with Crippen LogP contribution in [0.15, 0.2) is 23.2 Å². The van der Waals surface area contributed by atoms with Gasteiger partial charge in [0.05, 0.1) is 17.2 Å². The van der Waals surface area contributed by atoms with E-state index in [-0.39, 0.29) is 24.0 Å². The van der Waals surface area contributed by atoms with Crippen molar-refractivity contribution >= 4 is 47.0 Å². The molecule has 5 nitrogen and oxygen atoms in total. The summed E-state index contributed by atoms with van der Waals surface area (Å²) in [4.78, 5) is 12.1. The number of aromatic nitrogens is 1. The van der Waals surface area contributed by atoms with Crippen LogP contribution in [-0.4, -0.2) is 32.1 Å². The average Bonchev–Trinajstić information content (AvgIpc) is 2.86. The van der Waals surface area contributed by atoms with Crippen molar-refractivity contribution in [1.29, 1.82) is 0 Å². The molecule has 0 fully saturated rings. The molecule has 7 heteroatoms. The van der Waals surface area contributed by atoms with Gasteiger partial charge in [0.1, 0.15) is 0 Å². The second-order valence-electron chi connectivity index (χ2n) is 6.03. The first-order valence-corrected chi connectivity index (χ1v) is 8.86. The van der Waals surface area contributed by atoms with Crippen molar-refractivity contribution in [2.24, 2.45) is 4.99 Å². The molecule has 0 spiro atoms. The summed E-state index contributed by atoms with van der Waals surface area (Å²) in [6.07, 6.45) is 0. The Bertz CT molecular complexity index is 724. The van der Waals surface area contributed by atoms with Crippen LogP contribution in [0.25, 0.3) is 0 Å². The topological polar surface area (TPSA) is 52.6 Å². The minimum Gasteiger partial charge on any atom is -0.378 e. The van der Waals surface area contributed by atoms with E-state index in [9.17, 15) is 0 Å². The fraction of sp³-hybridized carbons (Fsp3) is 0.444. The summed E-state index contributed by atoms with van der Waals surface area (Å²) in [5, 5.41) is 7.84. The molecule has 0 unspecified atom stereocenters. The lowest BCUT2D eigenvalue weighted by Crippen LogP contribution is -2.36. The zero-order valence-corrected chi connectivity index (χ0v) is 19.0. The first kappa shape index (κ1) is 21.7. The van der Waals surface area contributed by atoms with E-state index in [1.54, 1.807) is 18.4 Å². The summed E-state index contributed by atoms with van der Waals surface area (Å²) < 4.78 is 0. The predicted octanol–water partition coefficient (Wildman–Crippen LogP) is 3.62. The quantitative estimate of drug-likeness (QED) is 0.396. The Hall–Kier alpha value is -1.35. The summed E-state index contributed by atoms with van der Waals surface area (Å²) in [6, 6.07) is 6.52. The van der Waals surface area contributed by atoms with Gasteiger partial charge in [-0.25, -0.2) is 4.98 Å². The van der Waals surface area contributed by atoms with Crippen molar-refractivity contribution in [2.75, 3.05) is 26.0 Å². The molecule has 0 aliphatic rings. The minimum absolute atomic E-state index is 0. The maximum atomic E-state index is 4.46. The highest BCUT2D eigenvalue weighted by Gasteiger charge is 2.07. The third kappa shape index (κ3) is 6.14. The fourth-order valence-electron chi connectivity index (χ4n) is 2.46. The third-order valence-electron chi connectivity index (χ3n) is 3.93. The first-order valence-electron chi connectivity index (χ1n) is 8.05. The number of hydrogen-bond donors (Lipinski definition) is 2. The van der Waals surface area contributed by atoms with E-state index >= 15 is 0 Å². The molecule has 2 aromatic rings. The molecule has 1 aromatic heterocycles. The number of aliphatic imine (C=N–C) groups is 1. The number of aryl methyl sites for hydroxylation is 3. The molecule has 0 aliphatic carbocycles. The van der Waals surface area contributed by atoms with E-state index in [0.717, 1.165) is 29.8 Å². The molecule has 0 bridgehead atoms. The lowest BCUT2D eigenvalue weighted by molar-refractivity contribution is 0.808. The van der Waals surface area contributed by atoms with Crippen LogP contribution in [-0.2, 0) is 13.1 Å². The molecule has 0 saturated carbocycles. The number of anilines is 1. The summed E-state index contributed by atoms with van der Waals surface area (Å²) in [5.74, 6) is 0.802. The van der Waals surface area contributed by atoms with Gasteiger partial charge in [0.25, 0.3) is 0 Å². The molecule has 1 aromatic carbocycles. The number of rotatable bonds is 5. The first-order chi connectivity index (χ1) is 11.4. The highest BCUT2D eigenvalue weighted by Crippen LogP contribution is 2.18. The standard InChI is InChI=1S/C18H27N5S.HI/c1-12-9-16(23(5)6)8-7-15(12)10-20-18(19-4)21-11-17-13(2)22-14(3)24-17;/h7-9H,10-11H2,1-6H3,(H2,19,20,21);1H. The lowest BCUT2D eigenvalue weighted by Gasteiger charge is -2.16. The maximum absolute atomic E-state index is 4.46. The van der Waals surface area contributed by atoms with Gasteiger partial charge in [-0.15, -0.1) is 35.3 Å². The van der Waals surface area contributed by atoms with Crippen LogP contribution >= 0.6 is 35.3 Å². The van der Waals surface area contributed by atoms with Gasteiger partial charge in [-0.2, -0.15) is 0 Å². The number of hydrogen-bond acceptors (Lipinski definition) is 4. The van der Waals surface area contributed by atoms with Gasteiger partial charge < -0.3 is 15.5 Å². The van der Waals surface area contributed by atoms with E-state index in [4.69, 9.17) is 0 Å². The minimum atomic E-state index is 0. The smallest absolute Gasteiger partial charge is 0.191 e. The normalized spacial score (nSPS) is 11.0. The van der Waals surface area contributed by atoms with Crippen molar-refractivity contribution in [2.45, 2.75) is 33.9 Å². The molecular weight excluding hydrogens is 445 g/mol. The second-order valence-corrected chi connectivity index (χ2v) is 7.31. The Morgan fingerprint density at radius 3 is 2.36 bits per heavy atom. The summed E-state index contributed by atoms with van der Waals surface area (Å²) in [5.41, 5.74) is 4.86. The van der Waals surface area contributed by atoms with Gasteiger partial charge in [0.2, 0.25) is 0 Å². The average molecular weight is 473 g/mol. The van der Waals surface area contributed by atoms with Crippen molar-refractivity contribution in [3.63, 3.8) is 0 Å². The van der Waals surface area contributed by atoms with Crippen molar-refractivity contribution in [3.8, 4) is 0 Å². The molecule has 2 rings (SSSR count). The largest absolute Gasteiger partial charge is 0.378 e. The van der Waals surface area contributed by atoms with Crippen molar-refractivity contribution in [1.82, 2.24) is 15.6 Å². The van der Waals surface area contributed by atoms with Gasteiger partial charge in [-0.1, -0.05) is 6.07 Å². The zero-order valence-electron chi connectivity index (χ0n) is 15.8. The number of guanidine groups is 1. The second kappa shape index (κ2) is 9.96. The molecule has 0 amide bonds. The van der Waals surface area contributed by atoms with Gasteiger partial charge in [0, 0.05) is 38.3 Å². The van der Waals surface area contributed by atoms with E-state index < -0.39 is 0 Å². The molecule has 0 saturated heterocycles. The van der Waals surface area contributed by atoms with Crippen LogP contribution in [0.5, 0.6) is 0 Å². The van der Waals surface area contributed by atoms with Crippen molar-refractivity contribution < 1.29 is 0 Å². The van der Waals surface area contributed by atoms with Gasteiger partial charge in [-0.3, -0.25) is 4.99 Å². The van der Waals surface area contributed by atoms with Crippen LogP contribution in [0.4, 0.5) is 5.69 Å². The number of nitrogens with one attached hydrogen (secondary N) is 2. The summed E-state index contributed by atoms with van der Waals surface area (Å²) >= 11 is 1.73. The van der Waals surface area contributed by atoms with E-state index in [0.29, 0.717) is 0 Å². The highest BCUT2D eigenvalue weighted by molar-refractivity contribution is 14.0. The van der Waals surface area contributed by atoms with Crippen LogP contribution in [0, 0.1) is 20.8 Å². The Balaban J connectivity index is 0.00000312. The predicted molar refractivity (Wildman–Crippen MR) is 120 cm³/mol. The maximum Gasteiger partial charge on any atom is 0.191 e. The SMILES string of the molecule is CN=C(NCc1ccc(N(C)C)cc1C)NCc1sc(C)nc1C.I. The Morgan fingerprint density at radius 2 is 1.84 bits per heavy atom. The number of benzene rings is 1. The van der Waals surface area contributed by atoms with Crippen LogP contribution in [0.1, 0.15) is 26.7 Å². The molecule has 138 valence electrons. The molecule has 0 aliphatic heterocycles. The Labute approximate surface area is 172 Å². The zero-order chi connectivity index (χ0) is 17.7. The summed E-state index contributed by atoms with van der Waals surface area (Å²) in [6.45, 7) is 7.72. The number of thiazole rings is 1. The van der Waals surface area contributed by atoms with E-state index in [1.165, 1.54) is 21.7 Å². The Morgan fingerprint density at radius 1 is 1.16 bits per heavy atom. The number of halogens is 1. The fourth-order valence-corrected chi connectivity index (χ4v) is 3.33. The molecular formula is C18H28IN5S. The van der Waals surface area contributed by atoms with E-state index in [1.807, 2.05) is 13.8 Å². The highest BCUT2D eigenvalue weighted by atomic mass is 127. The monoisotopic (exact) mass is 473 g/mol. The molecule has 0 atom stereocenters. The summed E-state index contributed by atoms with van der Waals surface area (Å²) in [7, 11) is 5.91. The lowest BCUT2D eigenvalue weighted by atomic mass is 10.1. The van der Waals surface area contributed by atoms with Crippen LogP contribution in [0.3, 0.4) is 0 Å². The number of nitrogens with zero attached hydrogens (tertiary/aromatic N) is 3. The Kier molecular flexibility index (Phi) is 8.64.